The SMILES string of the molecule is O=C(O)CCN(C(=O)Nc1ncc(Br)s1)C1CC1. The molecule has 6 nitrogen and oxygen atoms in total. The van der Waals surface area contributed by atoms with Crippen molar-refractivity contribution in [2.75, 3.05) is 11.9 Å². The zero-order valence-corrected chi connectivity index (χ0v) is 11.8. The van der Waals surface area contributed by atoms with Gasteiger partial charge in [0.15, 0.2) is 5.13 Å². The van der Waals surface area contributed by atoms with Crippen molar-refractivity contribution in [1.82, 2.24) is 9.88 Å². The molecule has 0 aromatic carbocycles. The van der Waals surface area contributed by atoms with Crippen LogP contribution in [-0.4, -0.2) is 39.6 Å². The van der Waals surface area contributed by atoms with Gasteiger partial charge in [0.2, 0.25) is 0 Å². The summed E-state index contributed by atoms with van der Waals surface area (Å²) in [6, 6.07) is -0.103. The van der Waals surface area contributed by atoms with Crippen LogP contribution in [0.5, 0.6) is 0 Å². The van der Waals surface area contributed by atoms with E-state index < -0.39 is 5.97 Å². The quantitative estimate of drug-likeness (QED) is 0.866. The molecule has 8 heteroatoms. The van der Waals surface area contributed by atoms with Crippen LogP contribution in [0, 0.1) is 0 Å². The van der Waals surface area contributed by atoms with E-state index in [1.54, 1.807) is 11.1 Å². The predicted molar refractivity (Wildman–Crippen MR) is 70.8 cm³/mol. The van der Waals surface area contributed by atoms with E-state index in [4.69, 9.17) is 5.11 Å². The van der Waals surface area contributed by atoms with Crippen LogP contribution >= 0.6 is 27.3 Å². The number of carboxylic acids is 1. The third-order valence-corrected chi connectivity index (χ3v) is 3.90. The molecule has 0 aliphatic heterocycles. The van der Waals surface area contributed by atoms with Crippen molar-refractivity contribution in [2.45, 2.75) is 25.3 Å². The second-order valence-electron chi connectivity index (χ2n) is 3.97. The lowest BCUT2D eigenvalue weighted by molar-refractivity contribution is -0.137. The van der Waals surface area contributed by atoms with Crippen molar-refractivity contribution in [3.63, 3.8) is 0 Å². The molecule has 1 saturated carbocycles. The number of anilines is 1. The summed E-state index contributed by atoms with van der Waals surface area (Å²) in [6.45, 7) is 0.235. The van der Waals surface area contributed by atoms with Crippen LogP contribution < -0.4 is 5.32 Å². The van der Waals surface area contributed by atoms with E-state index in [0.29, 0.717) is 5.13 Å². The molecule has 0 atom stereocenters. The van der Waals surface area contributed by atoms with Gasteiger partial charge in [0, 0.05) is 12.6 Å². The Balaban J connectivity index is 1.93. The molecule has 2 N–H and O–H groups in total. The molecular formula is C10H12BrN3O3S. The lowest BCUT2D eigenvalue weighted by atomic mass is 10.4. The minimum absolute atomic E-state index is 0.0362. The first-order valence-electron chi connectivity index (χ1n) is 5.47. The molecule has 1 aromatic heterocycles. The minimum Gasteiger partial charge on any atom is -0.481 e. The fourth-order valence-electron chi connectivity index (χ4n) is 1.53. The molecule has 1 aliphatic rings. The fraction of sp³-hybridized carbons (Fsp3) is 0.500. The Bertz CT molecular complexity index is 461. The number of carboxylic acid groups (broad SMARTS) is 1. The van der Waals surface area contributed by atoms with Crippen LogP contribution in [0.1, 0.15) is 19.3 Å². The van der Waals surface area contributed by atoms with Crippen molar-refractivity contribution in [2.24, 2.45) is 0 Å². The molecule has 0 radical (unpaired) electrons. The summed E-state index contributed by atoms with van der Waals surface area (Å²) in [5, 5.41) is 11.9. The van der Waals surface area contributed by atoms with Crippen LogP contribution in [0.25, 0.3) is 0 Å². The maximum absolute atomic E-state index is 12.0. The molecule has 1 fully saturated rings. The van der Waals surface area contributed by atoms with E-state index in [1.165, 1.54) is 11.3 Å². The molecule has 18 heavy (non-hydrogen) atoms. The van der Waals surface area contributed by atoms with Gasteiger partial charge in [-0.15, -0.1) is 0 Å². The highest BCUT2D eigenvalue weighted by atomic mass is 79.9. The third-order valence-electron chi connectivity index (χ3n) is 2.51. The predicted octanol–water partition coefficient (Wildman–Crippen LogP) is 2.38. The number of hydrogen-bond acceptors (Lipinski definition) is 4. The topological polar surface area (TPSA) is 82.5 Å². The number of rotatable bonds is 5. The fourth-order valence-corrected chi connectivity index (χ4v) is 2.62. The molecule has 2 amide bonds. The normalized spacial score (nSPS) is 14.3. The highest BCUT2D eigenvalue weighted by Gasteiger charge is 2.33. The highest BCUT2D eigenvalue weighted by molar-refractivity contribution is 9.11. The summed E-state index contributed by atoms with van der Waals surface area (Å²) in [4.78, 5) is 28.1. The average Bonchev–Trinajstić information content (AvgIpc) is 3.03. The van der Waals surface area contributed by atoms with E-state index in [1.807, 2.05) is 0 Å². The highest BCUT2D eigenvalue weighted by Crippen LogP contribution is 2.28. The number of carbonyl (C=O) groups excluding carboxylic acids is 1. The Kier molecular flexibility index (Phi) is 4.18. The number of thiazole rings is 1. The van der Waals surface area contributed by atoms with Gasteiger partial charge < -0.3 is 10.0 Å². The van der Waals surface area contributed by atoms with Crippen molar-refractivity contribution in [3.8, 4) is 0 Å². The number of aromatic nitrogens is 1. The van der Waals surface area contributed by atoms with Gasteiger partial charge in [-0.05, 0) is 28.8 Å². The Morgan fingerprint density at radius 1 is 1.61 bits per heavy atom. The van der Waals surface area contributed by atoms with Crippen LogP contribution in [0.2, 0.25) is 0 Å². The first-order chi connectivity index (χ1) is 8.56. The Labute approximate surface area is 116 Å². The van der Waals surface area contributed by atoms with E-state index in [0.717, 1.165) is 16.6 Å². The molecule has 0 unspecified atom stereocenters. The first kappa shape index (κ1) is 13.3. The van der Waals surface area contributed by atoms with Gasteiger partial charge in [-0.2, -0.15) is 0 Å². The number of amides is 2. The zero-order chi connectivity index (χ0) is 13.1. The van der Waals surface area contributed by atoms with Gasteiger partial charge in [-0.1, -0.05) is 11.3 Å². The van der Waals surface area contributed by atoms with Crippen molar-refractivity contribution in [1.29, 1.82) is 0 Å². The van der Waals surface area contributed by atoms with E-state index in [9.17, 15) is 9.59 Å². The smallest absolute Gasteiger partial charge is 0.323 e. The number of halogens is 1. The first-order valence-corrected chi connectivity index (χ1v) is 7.08. The van der Waals surface area contributed by atoms with Gasteiger partial charge in [0.1, 0.15) is 0 Å². The Morgan fingerprint density at radius 2 is 2.33 bits per heavy atom. The van der Waals surface area contributed by atoms with E-state index in [2.05, 4.69) is 26.2 Å². The number of nitrogens with one attached hydrogen (secondary N) is 1. The van der Waals surface area contributed by atoms with Crippen LogP contribution in [0.15, 0.2) is 9.98 Å². The summed E-state index contributed by atoms with van der Waals surface area (Å²) in [5.74, 6) is -0.898. The molecule has 1 heterocycles. The Morgan fingerprint density at radius 3 is 2.83 bits per heavy atom. The zero-order valence-electron chi connectivity index (χ0n) is 9.43. The van der Waals surface area contributed by atoms with Crippen molar-refractivity contribution < 1.29 is 14.7 Å². The van der Waals surface area contributed by atoms with Gasteiger partial charge in [0.05, 0.1) is 16.4 Å². The molecule has 98 valence electrons. The summed E-state index contributed by atoms with van der Waals surface area (Å²) < 4.78 is 0.835. The number of carbonyl (C=O) groups is 2. The van der Waals surface area contributed by atoms with Crippen LogP contribution in [0.3, 0.4) is 0 Å². The molecule has 0 saturated heterocycles. The van der Waals surface area contributed by atoms with Crippen molar-refractivity contribution in [3.05, 3.63) is 9.98 Å². The Hall–Kier alpha value is -1.15. The largest absolute Gasteiger partial charge is 0.481 e. The lowest BCUT2D eigenvalue weighted by Gasteiger charge is -2.21. The number of nitrogens with zero attached hydrogens (tertiary/aromatic N) is 2. The summed E-state index contributed by atoms with van der Waals surface area (Å²) in [7, 11) is 0. The number of urea groups is 1. The summed E-state index contributed by atoms with van der Waals surface area (Å²) in [5.41, 5.74) is 0. The minimum atomic E-state index is -0.898. The third kappa shape index (κ3) is 3.67. The van der Waals surface area contributed by atoms with Gasteiger partial charge in [0.25, 0.3) is 0 Å². The molecule has 2 rings (SSSR count). The molecule has 0 bridgehead atoms. The standard InChI is InChI=1S/C10H12BrN3O3S/c11-7-5-12-9(18-7)13-10(17)14(6-1-2-6)4-3-8(15)16/h5-6H,1-4H2,(H,15,16)(H,12,13,17). The molecular weight excluding hydrogens is 322 g/mol. The van der Waals surface area contributed by atoms with Crippen LogP contribution in [-0.2, 0) is 4.79 Å². The molecule has 1 aliphatic carbocycles. The molecule has 1 aromatic rings. The van der Waals surface area contributed by atoms with Gasteiger partial charge in [-0.3, -0.25) is 10.1 Å². The number of aliphatic carboxylic acids is 1. The second kappa shape index (κ2) is 5.66. The number of hydrogen-bond donors (Lipinski definition) is 2. The monoisotopic (exact) mass is 333 g/mol. The molecule has 0 spiro atoms. The van der Waals surface area contributed by atoms with Gasteiger partial charge >= 0.3 is 12.0 Å². The van der Waals surface area contributed by atoms with Gasteiger partial charge in [-0.25, -0.2) is 9.78 Å². The van der Waals surface area contributed by atoms with Crippen LogP contribution in [0.4, 0.5) is 9.93 Å². The lowest BCUT2D eigenvalue weighted by Crippen LogP contribution is -2.38. The maximum atomic E-state index is 12.0. The van der Waals surface area contributed by atoms with E-state index in [-0.39, 0.29) is 25.0 Å². The average molecular weight is 334 g/mol. The van der Waals surface area contributed by atoms with Crippen molar-refractivity contribution >= 4 is 44.4 Å². The maximum Gasteiger partial charge on any atom is 0.323 e. The summed E-state index contributed by atoms with van der Waals surface area (Å²) in [6.07, 6.45) is 3.45. The second-order valence-corrected chi connectivity index (χ2v) is 6.38. The van der Waals surface area contributed by atoms with E-state index >= 15 is 0 Å². The summed E-state index contributed by atoms with van der Waals surface area (Å²) >= 11 is 4.58.